The Morgan fingerprint density at radius 3 is 0.614 bits per heavy atom. The minimum Gasteiger partial charge on any atom is -0.462 e. The van der Waals surface area contributed by atoms with Gasteiger partial charge in [-0.3, -0.25) is 14.4 Å². The van der Waals surface area contributed by atoms with Gasteiger partial charge < -0.3 is 14.2 Å². The number of allylic oxidation sites excluding steroid dienone is 4. The molecule has 0 aromatic rings. The quantitative estimate of drug-likeness (QED) is 0.0261. The summed E-state index contributed by atoms with van der Waals surface area (Å²) in [4.78, 5) is 38.5. The van der Waals surface area contributed by atoms with E-state index in [1.165, 1.54) is 327 Å². The Labute approximate surface area is 519 Å². The van der Waals surface area contributed by atoms with Crippen LogP contribution in [0.25, 0.3) is 0 Å². The normalized spacial score (nSPS) is 12.1. The Morgan fingerprint density at radius 1 is 0.229 bits per heavy atom. The molecule has 0 aromatic carbocycles. The maximum absolute atomic E-state index is 13.0. The van der Waals surface area contributed by atoms with Crippen LogP contribution in [0.15, 0.2) is 24.3 Å². The zero-order valence-corrected chi connectivity index (χ0v) is 56.5. The highest BCUT2D eigenvalue weighted by molar-refractivity contribution is 5.71. The van der Waals surface area contributed by atoms with E-state index >= 15 is 0 Å². The lowest BCUT2D eigenvalue weighted by molar-refractivity contribution is -0.167. The predicted molar refractivity (Wildman–Crippen MR) is 363 cm³/mol. The second-order valence-corrected chi connectivity index (χ2v) is 25.9. The topological polar surface area (TPSA) is 78.9 Å². The van der Waals surface area contributed by atoms with Gasteiger partial charge in [-0.2, -0.15) is 0 Å². The molecule has 0 saturated carbocycles. The molecule has 1 unspecified atom stereocenters. The SMILES string of the molecule is CCCCCC/C=C\CCCCCCCC(=O)OCC(COC(=O)CCCCCCCCCCCCCCCCCCC/C=C\CCCCCCCCCC)OC(=O)CCCCCCCCCCCCCCCCCCCCCCCCC. The van der Waals surface area contributed by atoms with Crippen molar-refractivity contribution in [1.29, 1.82) is 0 Å². The van der Waals surface area contributed by atoms with Crippen molar-refractivity contribution in [3.05, 3.63) is 24.3 Å². The van der Waals surface area contributed by atoms with Crippen LogP contribution in [0, 0.1) is 0 Å². The molecule has 0 amide bonds. The number of unbranched alkanes of at least 4 members (excludes halogenated alkanes) is 56. The standard InChI is InChI=1S/C77H146O6/c1-4-7-10-13-16-19-22-25-27-29-31-33-35-36-37-38-39-40-42-43-45-47-49-52-55-58-61-64-67-70-76(79)82-73-74(72-81-75(78)69-66-63-60-57-54-51-24-21-18-15-12-9-6-3)83-77(80)71-68-65-62-59-56-53-50-48-46-44-41-34-32-30-28-26-23-20-17-14-11-8-5-2/h21,24,29,31,74H,4-20,22-23,25-28,30,32-73H2,1-3H3/b24-21-,31-29-. The molecular weight excluding hydrogens is 1020 g/mol. The van der Waals surface area contributed by atoms with E-state index in [4.69, 9.17) is 14.2 Å². The van der Waals surface area contributed by atoms with Gasteiger partial charge in [0.05, 0.1) is 0 Å². The Morgan fingerprint density at radius 2 is 0.398 bits per heavy atom. The molecule has 0 bridgehead atoms. The fourth-order valence-corrected chi connectivity index (χ4v) is 11.7. The van der Waals surface area contributed by atoms with Crippen LogP contribution in [-0.2, 0) is 28.6 Å². The smallest absolute Gasteiger partial charge is 0.306 e. The Bertz CT molecular complexity index is 1340. The Kier molecular flexibility index (Phi) is 70.5. The lowest BCUT2D eigenvalue weighted by Gasteiger charge is -2.18. The summed E-state index contributed by atoms with van der Waals surface area (Å²) in [6.07, 6.45) is 89.5. The number of rotatable bonds is 71. The number of hydrogen-bond acceptors (Lipinski definition) is 6. The third-order valence-corrected chi connectivity index (χ3v) is 17.4. The first kappa shape index (κ1) is 80.9. The monoisotopic (exact) mass is 1170 g/mol. The number of hydrogen-bond donors (Lipinski definition) is 0. The Balaban J connectivity index is 4.17. The highest BCUT2D eigenvalue weighted by Gasteiger charge is 2.20. The molecule has 490 valence electrons. The fraction of sp³-hybridized carbons (Fsp3) is 0.909. The van der Waals surface area contributed by atoms with Crippen LogP contribution in [0.1, 0.15) is 432 Å². The number of esters is 3. The van der Waals surface area contributed by atoms with E-state index in [0.29, 0.717) is 19.3 Å². The van der Waals surface area contributed by atoms with Crippen LogP contribution in [0.5, 0.6) is 0 Å². The van der Waals surface area contributed by atoms with Gasteiger partial charge in [-0.15, -0.1) is 0 Å². The van der Waals surface area contributed by atoms with E-state index in [1.807, 2.05) is 0 Å². The van der Waals surface area contributed by atoms with Gasteiger partial charge >= 0.3 is 17.9 Å². The zero-order chi connectivity index (χ0) is 59.9. The zero-order valence-electron chi connectivity index (χ0n) is 56.5. The largest absolute Gasteiger partial charge is 0.462 e. The summed E-state index contributed by atoms with van der Waals surface area (Å²) in [5, 5.41) is 0. The highest BCUT2D eigenvalue weighted by atomic mass is 16.6. The molecule has 0 heterocycles. The molecule has 1 atom stereocenters. The van der Waals surface area contributed by atoms with E-state index < -0.39 is 6.10 Å². The summed E-state index contributed by atoms with van der Waals surface area (Å²) in [5.74, 6) is -0.841. The maximum Gasteiger partial charge on any atom is 0.306 e. The Hall–Kier alpha value is -2.11. The van der Waals surface area contributed by atoms with Gasteiger partial charge in [0, 0.05) is 19.3 Å². The molecule has 6 nitrogen and oxygen atoms in total. The summed E-state index contributed by atoms with van der Waals surface area (Å²) in [6, 6.07) is 0. The van der Waals surface area contributed by atoms with Gasteiger partial charge in [0.1, 0.15) is 13.2 Å². The molecule has 6 heteroatoms. The first-order valence-corrected chi connectivity index (χ1v) is 37.8. The first-order valence-electron chi connectivity index (χ1n) is 37.8. The van der Waals surface area contributed by atoms with Crippen molar-refractivity contribution in [3.63, 3.8) is 0 Å². The molecule has 0 N–H and O–H groups in total. The molecule has 0 spiro atoms. The molecule has 0 radical (unpaired) electrons. The first-order chi connectivity index (χ1) is 41.0. The summed E-state index contributed by atoms with van der Waals surface area (Å²) >= 11 is 0. The van der Waals surface area contributed by atoms with Crippen LogP contribution in [0.4, 0.5) is 0 Å². The van der Waals surface area contributed by atoms with Gasteiger partial charge in [-0.1, -0.05) is 366 Å². The molecule has 0 aliphatic heterocycles. The molecule has 0 rings (SSSR count). The highest BCUT2D eigenvalue weighted by Crippen LogP contribution is 2.19. The summed E-state index contributed by atoms with van der Waals surface area (Å²) < 4.78 is 17.0. The van der Waals surface area contributed by atoms with Crippen molar-refractivity contribution in [2.75, 3.05) is 13.2 Å². The average Bonchev–Trinajstić information content (AvgIpc) is 3.49. The molecular formula is C77H146O6. The molecule has 0 saturated heterocycles. The van der Waals surface area contributed by atoms with Crippen molar-refractivity contribution >= 4 is 17.9 Å². The minimum atomic E-state index is -0.772. The average molecular weight is 1170 g/mol. The van der Waals surface area contributed by atoms with E-state index in [9.17, 15) is 14.4 Å². The van der Waals surface area contributed by atoms with Crippen LogP contribution in [-0.4, -0.2) is 37.2 Å². The summed E-state index contributed by atoms with van der Waals surface area (Å²) in [6.45, 7) is 6.71. The van der Waals surface area contributed by atoms with Crippen LogP contribution < -0.4 is 0 Å². The van der Waals surface area contributed by atoms with Gasteiger partial charge in [0.25, 0.3) is 0 Å². The summed E-state index contributed by atoms with van der Waals surface area (Å²) in [5.41, 5.74) is 0. The van der Waals surface area contributed by atoms with Gasteiger partial charge in [0.2, 0.25) is 0 Å². The minimum absolute atomic E-state index is 0.0673. The van der Waals surface area contributed by atoms with Crippen molar-refractivity contribution in [1.82, 2.24) is 0 Å². The molecule has 0 fully saturated rings. The van der Waals surface area contributed by atoms with Crippen LogP contribution in [0.3, 0.4) is 0 Å². The van der Waals surface area contributed by atoms with Gasteiger partial charge in [0.15, 0.2) is 6.10 Å². The van der Waals surface area contributed by atoms with Gasteiger partial charge in [-0.25, -0.2) is 0 Å². The molecule has 0 aliphatic carbocycles. The molecule has 0 aliphatic rings. The summed E-state index contributed by atoms with van der Waals surface area (Å²) in [7, 11) is 0. The van der Waals surface area contributed by atoms with Crippen molar-refractivity contribution in [2.24, 2.45) is 0 Å². The van der Waals surface area contributed by atoms with E-state index in [1.54, 1.807) is 0 Å². The third kappa shape index (κ3) is 70.5. The maximum atomic E-state index is 13.0. The number of ether oxygens (including phenoxy) is 3. The fourth-order valence-electron chi connectivity index (χ4n) is 11.7. The lowest BCUT2D eigenvalue weighted by atomic mass is 10.0. The van der Waals surface area contributed by atoms with Crippen LogP contribution in [0.2, 0.25) is 0 Å². The molecule has 0 aromatic heterocycles. The van der Waals surface area contributed by atoms with Crippen molar-refractivity contribution in [2.45, 2.75) is 438 Å². The van der Waals surface area contributed by atoms with E-state index in [0.717, 1.165) is 64.2 Å². The van der Waals surface area contributed by atoms with Gasteiger partial charge in [-0.05, 0) is 70.6 Å². The second-order valence-electron chi connectivity index (χ2n) is 25.9. The lowest BCUT2D eigenvalue weighted by Crippen LogP contribution is -2.30. The number of carbonyl (C=O) groups is 3. The predicted octanol–water partition coefficient (Wildman–Crippen LogP) is 26.1. The van der Waals surface area contributed by atoms with Crippen LogP contribution >= 0.6 is 0 Å². The van der Waals surface area contributed by atoms with Crippen molar-refractivity contribution < 1.29 is 28.6 Å². The van der Waals surface area contributed by atoms with Crippen molar-refractivity contribution in [3.8, 4) is 0 Å². The van der Waals surface area contributed by atoms with E-state index in [2.05, 4.69) is 45.1 Å². The molecule has 83 heavy (non-hydrogen) atoms. The number of carbonyl (C=O) groups excluding carboxylic acids is 3. The van der Waals surface area contributed by atoms with E-state index in [-0.39, 0.29) is 31.1 Å². The third-order valence-electron chi connectivity index (χ3n) is 17.4. The second kappa shape index (κ2) is 72.4.